The predicted octanol–water partition coefficient (Wildman–Crippen LogP) is 3.08. The summed E-state index contributed by atoms with van der Waals surface area (Å²) in [5, 5.41) is 4.61. The molecule has 2 aromatic rings. The van der Waals surface area contributed by atoms with E-state index in [0.717, 1.165) is 54.9 Å². The fourth-order valence-corrected chi connectivity index (χ4v) is 3.63. The zero-order chi connectivity index (χ0) is 15.0. The van der Waals surface area contributed by atoms with Crippen LogP contribution in [0.1, 0.15) is 43.7 Å². The highest BCUT2D eigenvalue weighted by atomic mass is 35.5. The average molecular weight is 311 g/mol. The van der Waals surface area contributed by atoms with Gasteiger partial charge in [0.2, 0.25) is 0 Å². The van der Waals surface area contributed by atoms with E-state index < -0.39 is 0 Å². The summed E-state index contributed by atoms with van der Waals surface area (Å²) in [7, 11) is 1.80. The van der Waals surface area contributed by atoms with Crippen molar-refractivity contribution in [3.8, 4) is 0 Å². The number of aryl methyl sites for hydroxylation is 3. The molecule has 0 aromatic carbocycles. The summed E-state index contributed by atoms with van der Waals surface area (Å²) < 4.78 is 9.97. The molecule has 1 aliphatic carbocycles. The number of nitrogens with zero attached hydrogens (tertiary/aromatic N) is 4. The van der Waals surface area contributed by atoms with Crippen LogP contribution in [-0.4, -0.2) is 38.4 Å². The molecule has 2 atom stereocenters. The third-order valence-electron chi connectivity index (χ3n) is 4.49. The van der Waals surface area contributed by atoms with E-state index in [1.165, 1.54) is 0 Å². The minimum Gasteiger partial charge on any atom is -0.381 e. The van der Waals surface area contributed by atoms with Crippen molar-refractivity contribution in [3.05, 3.63) is 11.5 Å². The highest BCUT2D eigenvalue weighted by molar-refractivity contribution is 6.17. The van der Waals surface area contributed by atoms with Gasteiger partial charge in [-0.3, -0.25) is 0 Å². The number of alkyl halides is 1. The molecule has 0 bridgehead atoms. The summed E-state index contributed by atoms with van der Waals surface area (Å²) in [4.78, 5) is 4.82. The number of aromatic nitrogens is 4. The van der Waals surface area contributed by atoms with Crippen molar-refractivity contribution in [2.24, 2.45) is 0 Å². The molecule has 1 aliphatic rings. The maximum atomic E-state index is 5.98. The fraction of sp³-hybridized carbons (Fsp3) is 0.733. The van der Waals surface area contributed by atoms with Gasteiger partial charge in [0, 0.05) is 32.0 Å². The van der Waals surface area contributed by atoms with Crippen LogP contribution < -0.4 is 0 Å². The van der Waals surface area contributed by atoms with Crippen LogP contribution in [0.5, 0.6) is 0 Å². The molecule has 6 heteroatoms. The lowest BCUT2D eigenvalue weighted by Crippen LogP contribution is -2.15. The highest BCUT2D eigenvalue weighted by Gasteiger charge is 2.30. The van der Waals surface area contributed by atoms with E-state index in [0.29, 0.717) is 18.0 Å². The quantitative estimate of drug-likeness (QED) is 0.797. The lowest BCUT2D eigenvalue weighted by atomic mass is 10.2. The Morgan fingerprint density at radius 3 is 2.81 bits per heavy atom. The number of ether oxygens (including phenoxy) is 1. The maximum Gasteiger partial charge on any atom is 0.159 e. The first-order valence-corrected chi connectivity index (χ1v) is 8.26. The topological polar surface area (TPSA) is 44.9 Å². The van der Waals surface area contributed by atoms with Crippen LogP contribution in [0, 0.1) is 6.92 Å². The summed E-state index contributed by atoms with van der Waals surface area (Å²) in [6.07, 6.45) is 4.45. The normalized spacial score (nSPS) is 22.5. The van der Waals surface area contributed by atoms with Gasteiger partial charge in [0.25, 0.3) is 0 Å². The molecule has 2 unspecified atom stereocenters. The van der Waals surface area contributed by atoms with E-state index in [4.69, 9.17) is 21.3 Å². The molecule has 0 radical (unpaired) electrons. The second-order valence-corrected chi connectivity index (χ2v) is 6.11. The average Bonchev–Trinajstić information content (AvgIpc) is 3.15. The Labute approximate surface area is 130 Å². The van der Waals surface area contributed by atoms with Gasteiger partial charge in [-0.1, -0.05) is 0 Å². The van der Waals surface area contributed by atoms with Crippen LogP contribution in [0.4, 0.5) is 0 Å². The molecule has 0 saturated heterocycles. The molecule has 0 N–H and O–H groups in total. The number of methoxy groups -OCH3 is 1. The zero-order valence-electron chi connectivity index (χ0n) is 13.0. The van der Waals surface area contributed by atoms with Crippen LogP contribution in [0.25, 0.3) is 11.2 Å². The summed E-state index contributed by atoms with van der Waals surface area (Å²) in [6.45, 7) is 5.01. The van der Waals surface area contributed by atoms with Crippen molar-refractivity contribution in [3.63, 3.8) is 0 Å². The summed E-state index contributed by atoms with van der Waals surface area (Å²) >= 11 is 5.98. The lowest BCUT2D eigenvalue weighted by Gasteiger charge is -2.17. The van der Waals surface area contributed by atoms with Gasteiger partial charge in [-0.2, -0.15) is 5.10 Å². The van der Waals surface area contributed by atoms with Crippen molar-refractivity contribution in [2.75, 3.05) is 13.0 Å². The van der Waals surface area contributed by atoms with Gasteiger partial charge < -0.3 is 9.30 Å². The molecule has 1 saturated carbocycles. The van der Waals surface area contributed by atoms with Crippen LogP contribution >= 0.6 is 11.6 Å². The van der Waals surface area contributed by atoms with Gasteiger partial charge in [-0.25, -0.2) is 9.67 Å². The molecule has 1 fully saturated rings. The van der Waals surface area contributed by atoms with Gasteiger partial charge in [0.15, 0.2) is 5.65 Å². The van der Waals surface area contributed by atoms with Gasteiger partial charge in [-0.05, 0) is 33.1 Å². The molecule has 3 rings (SSSR count). The lowest BCUT2D eigenvalue weighted by molar-refractivity contribution is 0.106. The number of rotatable bonds is 5. The standard InChI is InChI=1S/C15H23ClN4O/c1-4-19-15-14(10(2)18-19)17-13(7-8-16)20(15)11-5-6-12(9-11)21-3/h11-12H,4-9H2,1-3H3. The number of fused-ring (bicyclic) bond motifs is 1. The van der Waals surface area contributed by atoms with Gasteiger partial charge in [-0.15, -0.1) is 11.6 Å². The minimum atomic E-state index is 0.357. The highest BCUT2D eigenvalue weighted by Crippen LogP contribution is 2.36. The second kappa shape index (κ2) is 5.97. The molecule has 2 aromatic heterocycles. The van der Waals surface area contributed by atoms with Crippen molar-refractivity contribution < 1.29 is 4.74 Å². The first-order chi connectivity index (χ1) is 10.2. The first-order valence-electron chi connectivity index (χ1n) is 7.72. The molecule has 2 heterocycles. The Morgan fingerprint density at radius 1 is 1.38 bits per heavy atom. The maximum absolute atomic E-state index is 5.98. The van der Waals surface area contributed by atoms with E-state index in [2.05, 4.69) is 21.3 Å². The smallest absolute Gasteiger partial charge is 0.159 e. The van der Waals surface area contributed by atoms with E-state index in [9.17, 15) is 0 Å². The van der Waals surface area contributed by atoms with E-state index in [-0.39, 0.29) is 0 Å². The number of halogens is 1. The molecule has 5 nitrogen and oxygen atoms in total. The number of imidazole rings is 1. The fourth-order valence-electron chi connectivity index (χ4n) is 3.47. The van der Waals surface area contributed by atoms with Crippen molar-refractivity contribution in [1.29, 1.82) is 0 Å². The second-order valence-electron chi connectivity index (χ2n) is 5.73. The van der Waals surface area contributed by atoms with Crippen molar-refractivity contribution in [2.45, 2.75) is 58.2 Å². The molecular formula is C15H23ClN4O. The van der Waals surface area contributed by atoms with E-state index >= 15 is 0 Å². The summed E-state index contributed by atoms with van der Waals surface area (Å²) in [6, 6.07) is 0.444. The predicted molar refractivity (Wildman–Crippen MR) is 84.0 cm³/mol. The summed E-state index contributed by atoms with van der Waals surface area (Å²) in [5.74, 6) is 1.68. The minimum absolute atomic E-state index is 0.357. The zero-order valence-corrected chi connectivity index (χ0v) is 13.7. The van der Waals surface area contributed by atoms with Crippen molar-refractivity contribution >= 4 is 22.8 Å². The Balaban J connectivity index is 2.11. The Hall–Kier alpha value is -1.07. The Bertz CT molecular complexity index is 633. The number of hydrogen-bond donors (Lipinski definition) is 0. The molecule has 0 amide bonds. The van der Waals surface area contributed by atoms with Gasteiger partial charge in [0.05, 0.1) is 11.8 Å². The van der Waals surface area contributed by atoms with E-state index in [1.54, 1.807) is 7.11 Å². The van der Waals surface area contributed by atoms with Crippen molar-refractivity contribution in [1.82, 2.24) is 19.3 Å². The first kappa shape index (κ1) is 14.9. The SMILES string of the molecule is CCn1nc(C)c2nc(CCCl)n(C3CCC(OC)C3)c21. The van der Waals surface area contributed by atoms with Gasteiger partial charge >= 0.3 is 0 Å². The van der Waals surface area contributed by atoms with Crippen LogP contribution in [-0.2, 0) is 17.7 Å². The Morgan fingerprint density at radius 2 is 2.19 bits per heavy atom. The van der Waals surface area contributed by atoms with E-state index in [1.807, 2.05) is 6.92 Å². The Kier molecular flexibility index (Phi) is 4.22. The van der Waals surface area contributed by atoms with Crippen LogP contribution in [0.2, 0.25) is 0 Å². The van der Waals surface area contributed by atoms with Crippen LogP contribution in [0.15, 0.2) is 0 Å². The molecule has 0 aliphatic heterocycles. The third kappa shape index (κ3) is 2.46. The molecule has 21 heavy (non-hydrogen) atoms. The van der Waals surface area contributed by atoms with Gasteiger partial charge in [0.1, 0.15) is 11.3 Å². The summed E-state index contributed by atoms with van der Waals surface area (Å²) in [5.41, 5.74) is 3.18. The largest absolute Gasteiger partial charge is 0.381 e. The number of hydrogen-bond acceptors (Lipinski definition) is 3. The molecule has 0 spiro atoms. The monoisotopic (exact) mass is 310 g/mol. The van der Waals surface area contributed by atoms with Crippen LogP contribution in [0.3, 0.4) is 0 Å². The third-order valence-corrected chi connectivity index (χ3v) is 4.68. The molecular weight excluding hydrogens is 288 g/mol. The molecule has 116 valence electrons.